The van der Waals surface area contributed by atoms with Crippen LogP contribution >= 0.6 is 0 Å². The average molecular weight is 138 g/mol. The molecule has 2 heteroatoms. The van der Waals surface area contributed by atoms with Crippen LogP contribution in [0.3, 0.4) is 0 Å². The third kappa shape index (κ3) is 2.36. The molecule has 1 saturated carbocycles. The zero-order chi connectivity index (χ0) is 7.40. The summed E-state index contributed by atoms with van der Waals surface area (Å²) in [5, 5.41) is 11.6. The summed E-state index contributed by atoms with van der Waals surface area (Å²) in [6.45, 7) is 3.06. The molecule has 0 saturated heterocycles. The zero-order valence-electron chi connectivity index (χ0n) is 6.43. The van der Waals surface area contributed by atoms with Crippen LogP contribution in [-0.4, -0.2) is 12.6 Å². The third-order valence-corrected chi connectivity index (χ3v) is 2.03. The average Bonchev–Trinajstić information content (AvgIpc) is 2.69. The first-order valence-corrected chi connectivity index (χ1v) is 3.95. The molecule has 0 heterocycles. The first kappa shape index (κ1) is 7.56. The Balaban J connectivity index is 1.96. The van der Waals surface area contributed by atoms with Crippen LogP contribution in [0.1, 0.15) is 26.2 Å². The van der Waals surface area contributed by atoms with Crippen molar-refractivity contribution in [1.29, 1.82) is 5.26 Å². The van der Waals surface area contributed by atoms with Crippen molar-refractivity contribution in [3.8, 4) is 6.07 Å². The Morgan fingerprint density at radius 1 is 1.70 bits per heavy atom. The number of hydrogen-bond acceptors (Lipinski definition) is 2. The minimum Gasteiger partial charge on any atom is -0.313 e. The quantitative estimate of drug-likeness (QED) is 0.594. The highest BCUT2D eigenvalue weighted by Gasteiger charge is 2.26. The van der Waals surface area contributed by atoms with Crippen molar-refractivity contribution in [2.24, 2.45) is 5.92 Å². The molecule has 56 valence electrons. The van der Waals surface area contributed by atoms with Gasteiger partial charge in [-0.2, -0.15) is 5.26 Å². The van der Waals surface area contributed by atoms with Gasteiger partial charge in [-0.3, -0.25) is 0 Å². The molecular weight excluding hydrogens is 124 g/mol. The molecule has 2 nitrogen and oxygen atoms in total. The van der Waals surface area contributed by atoms with Gasteiger partial charge in [0.1, 0.15) is 0 Å². The summed E-state index contributed by atoms with van der Waals surface area (Å²) in [6, 6.07) is 2.75. The highest BCUT2D eigenvalue weighted by molar-refractivity contribution is 4.84. The Kier molecular flexibility index (Phi) is 2.70. The standard InChI is InChI=1S/C8H14N2/c1-7(8-3-4-8)10-6-2-5-9/h7-8,10H,2-4,6H2,1H3/t7-/m1/s1. The molecule has 0 radical (unpaired) electrons. The zero-order valence-corrected chi connectivity index (χ0v) is 6.43. The number of nitriles is 1. The molecular formula is C8H14N2. The first-order valence-electron chi connectivity index (χ1n) is 3.95. The number of nitrogens with zero attached hydrogens (tertiary/aromatic N) is 1. The molecule has 1 N–H and O–H groups in total. The maximum atomic E-state index is 8.24. The van der Waals surface area contributed by atoms with E-state index in [2.05, 4.69) is 18.3 Å². The molecule has 1 rings (SSSR count). The smallest absolute Gasteiger partial charge is 0.0635 e. The maximum absolute atomic E-state index is 8.24. The third-order valence-electron chi connectivity index (χ3n) is 2.03. The Morgan fingerprint density at radius 2 is 2.40 bits per heavy atom. The van der Waals surface area contributed by atoms with E-state index in [1.807, 2.05) is 0 Å². The van der Waals surface area contributed by atoms with Crippen molar-refractivity contribution >= 4 is 0 Å². The minimum absolute atomic E-state index is 0.633. The maximum Gasteiger partial charge on any atom is 0.0635 e. The second-order valence-corrected chi connectivity index (χ2v) is 2.99. The van der Waals surface area contributed by atoms with E-state index in [4.69, 9.17) is 5.26 Å². The second-order valence-electron chi connectivity index (χ2n) is 2.99. The molecule has 0 aromatic heterocycles. The fourth-order valence-electron chi connectivity index (χ4n) is 1.12. The molecule has 0 unspecified atom stereocenters. The van der Waals surface area contributed by atoms with E-state index in [0.29, 0.717) is 12.5 Å². The van der Waals surface area contributed by atoms with Crippen molar-refractivity contribution in [1.82, 2.24) is 5.32 Å². The molecule has 0 spiro atoms. The predicted octanol–water partition coefficient (Wildman–Crippen LogP) is 1.29. The molecule has 1 fully saturated rings. The molecule has 0 amide bonds. The lowest BCUT2D eigenvalue weighted by Gasteiger charge is -2.09. The fourth-order valence-corrected chi connectivity index (χ4v) is 1.12. The van der Waals surface area contributed by atoms with Gasteiger partial charge in [-0.05, 0) is 25.7 Å². The number of nitrogens with one attached hydrogen (secondary N) is 1. The lowest BCUT2D eigenvalue weighted by Crippen LogP contribution is -2.28. The molecule has 1 atom stereocenters. The SMILES string of the molecule is C[C@@H](NCCC#N)C1CC1. The van der Waals surface area contributed by atoms with Crippen LogP contribution in [0.25, 0.3) is 0 Å². The lowest BCUT2D eigenvalue weighted by atomic mass is 10.2. The van der Waals surface area contributed by atoms with Gasteiger partial charge in [-0.1, -0.05) is 0 Å². The van der Waals surface area contributed by atoms with E-state index >= 15 is 0 Å². The first-order chi connectivity index (χ1) is 4.84. The summed E-state index contributed by atoms with van der Waals surface area (Å²) in [4.78, 5) is 0. The predicted molar refractivity (Wildman–Crippen MR) is 40.4 cm³/mol. The van der Waals surface area contributed by atoms with Crippen LogP contribution in [0, 0.1) is 17.2 Å². The van der Waals surface area contributed by atoms with Crippen molar-refractivity contribution in [2.45, 2.75) is 32.2 Å². The molecule has 1 aliphatic rings. The Labute approximate surface area is 62.2 Å². The normalized spacial score (nSPS) is 20.0. The lowest BCUT2D eigenvalue weighted by molar-refractivity contribution is 0.503. The van der Waals surface area contributed by atoms with Gasteiger partial charge in [0, 0.05) is 19.0 Å². The number of rotatable bonds is 4. The van der Waals surface area contributed by atoms with Gasteiger partial charge >= 0.3 is 0 Å². The van der Waals surface area contributed by atoms with E-state index in [1.165, 1.54) is 12.8 Å². The summed E-state index contributed by atoms with van der Waals surface area (Å²) in [5.41, 5.74) is 0. The van der Waals surface area contributed by atoms with E-state index in [0.717, 1.165) is 12.5 Å². The van der Waals surface area contributed by atoms with Crippen molar-refractivity contribution in [3.63, 3.8) is 0 Å². The molecule has 0 bridgehead atoms. The van der Waals surface area contributed by atoms with Gasteiger partial charge in [0.15, 0.2) is 0 Å². The highest BCUT2D eigenvalue weighted by atomic mass is 14.9. The van der Waals surface area contributed by atoms with Gasteiger partial charge in [-0.25, -0.2) is 0 Å². The van der Waals surface area contributed by atoms with Crippen LogP contribution in [0.5, 0.6) is 0 Å². The molecule has 0 aromatic rings. The van der Waals surface area contributed by atoms with Crippen molar-refractivity contribution in [2.75, 3.05) is 6.54 Å². The van der Waals surface area contributed by atoms with Crippen LogP contribution < -0.4 is 5.32 Å². The molecule has 1 aliphatic carbocycles. The monoisotopic (exact) mass is 138 g/mol. The van der Waals surface area contributed by atoms with Gasteiger partial charge in [0.2, 0.25) is 0 Å². The van der Waals surface area contributed by atoms with Crippen molar-refractivity contribution in [3.05, 3.63) is 0 Å². The molecule has 0 aliphatic heterocycles. The minimum atomic E-state index is 0.633. The van der Waals surface area contributed by atoms with Gasteiger partial charge in [0.25, 0.3) is 0 Å². The molecule has 10 heavy (non-hydrogen) atoms. The Hall–Kier alpha value is -0.550. The summed E-state index contributed by atoms with van der Waals surface area (Å²) >= 11 is 0. The van der Waals surface area contributed by atoms with Gasteiger partial charge < -0.3 is 5.32 Å². The number of hydrogen-bond donors (Lipinski definition) is 1. The molecule has 0 aromatic carbocycles. The Morgan fingerprint density at radius 3 is 2.90 bits per heavy atom. The summed E-state index contributed by atoms with van der Waals surface area (Å²) in [5.74, 6) is 0.902. The van der Waals surface area contributed by atoms with Crippen molar-refractivity contribution < 1.29 is 0 Å². The summed E-state index contributed by atoms with van der Waals surface area (Å²) in [6.07, 6.45) is 3.39. The topological polar surface area (TPSA) is 35.8 Å². The van der Waals surface area contributed by atoms with E-state index in [-0.39, 0.29) is 0 Å². The van der Waals surface area contributed by atoms with E-state index in [9.17, 15) is 0 Å². The van der Waals surface area contributed by atoms with Crippen LogP contribution in [-0.2, 0) is 0 Å². The van der Waals surface area contributed by atoms with Gasteiger partial charge in [-0.15, -0.1) is 0 Å². The van der Waals surface area contributed by atoms with Crippen LogP contribution in [0.2, 0.25) is 0 Å². The highest BCUT2D eigenvalue weighted by Crippen LogP contribution is 2.32. The Bertz CT molecular complexity index is 133. The van der Waals surface area contributed by atoms with Crippen LogP contribution in [0.15, 0.2) is 0 Å². The summed E-state index contributed by atoms with van der Waals surface area (Å²) < 4.78 is 0. The largest absolute Gasteiger partial charge is 0.313 e. The van der Waals surface area contributed by atoms with Gasteiger partial charge in [0.05, 0.1) is 6.07 Å². The second kappa shape index (κ2) is 3.58. The van der Waals surface area contributed by atoms with E-state index < -0.39 is 0 Å². The van der Waals surface area contributed by atoms with E-state index in [1.54, 1.807) is 0 Å². The fraction of sp³-hybridized carbons (Fsp3) is 0.875. The van der Waals surface area contributed by atoms with Crippen LogP contribution in [0.4, 0.5) is 0 Å². The summed E-state index contributed by atoms with van der Waals surface area (Å²) in [7, 11) is 0.